The molecule has 0 saturated carbocycles. The molecule has 0 radical (unpaired) electrons. The van der Waals surface area contributed by atoms with Crippen molar-refractivity contribution in [1.29, 1.82) is 0 Å². The molecule has 0 unspecified atom stereocenters. The molecule has 3 aromatic carbocycles. The zero-order valence-corrected chi connectivity index (χ0v) is 19.0. The lowest BCUT2D eigenvalue weighted by molar-refractivity contribution is -0.135. The first-order valence-corrected chi connectivity index (χ1v) is 11.5. The lowest BCUT2D eigenvalue weighted by atomic mass is 10.0. The molecule has 0 aliphatic carbocycles. The number of carbonyl (C=O) groups is 1. The molecule has 0 bridgehead atoms. The summed E-state index contributed by atoms with van der Waals surface area (Å²) in [6.07, 6.45) is 0.684. The van der Waals surface area contributed by atoms with Crippen molar-refractivity contribution in [3.8, 4) is 16.9 Å². The number of halogens is 1. The van der Waals surface area contributed by atoms with Gasteiger partial charge in [0.25, 0.3) is 0 Å². The minimum atomic E-state index is -0.869. The molecule has 8 heteroatoms. The summed E-state index contributed by atoms with van der Waals surface area (Å²) in [6, 6.07) is 22.3. The Morgan fingerprint density at radius 1 is 1.12 bits per heavy atom. The van der Waals surface area contributed by atoms with Gasteiger partial charge in [-0.25, -0.2) is 0 Å². The van der Waals surface area contributed by atoms with Crippen molar-refractivity contribution in [2.24, 2.45) is 0 Å². The van der Waals surface area contributed by atoms with Crippen molar-refractivity contribution in [3.05, 3.63) is 77.3 Å². The van der Waals surface area contributed by atoms with Gasteiger partial charge in [-0.15, -0.1) is 0 Å². The van der Waals surface area contributed by atoms with Gasteiger partial charge in [0.05, 0.1) is 30.4 Å². The first-order valence-electron chi connectivity index (χ1n) is 10.3. The second-order valence-corrected chi connectivity index (χ2v) is 8.76. The number of carboxylic acid groups (broad SMARTS) is 1. The fraction of sp³-hybridized carbons (Fsp3) is 0.208. The minimum absolute atomic E-state index is 0.0529. The fourth-order valence-corrected chi connectivity index (χ4v) is 4.68. The molecule has 3 N–H and O–H groups in total. The Balaban J connectivity index is 1.38. The second kappa shape index (κ2) is 10.7. The average Bonchev–Trinajstić information content (AvgIpc) is 3.19. The molecule has 1 aliphatic rings. The van der Waals surface area contributed by atoms with E-state index in [0.717, 1.165) is 23.4 Å². The maximum absolute atomic E-state index is 10.5. The van der Waals surface area contributed by atoms with Crippen LogP contribution in [0.25, 0.3) is 11.1 Å². The number of carboxylic acids is 1. The SMILES string of the molecule is O=C(O)CNCCCOc1cccc(-c2cccc(NN3Cc4ccccc4S3)c2)c1Cl. The summed E-state index contributed by atoms with van der Waals surface area (Å²) in [5.41, 5.74) is 7.65. The number of aliphatic carboxylic acids is 1. The maximum atomic E-state index is 10.5. The third kappa shape index (κ3) is 5.75. The van der Waals surface area contributed by atoms with E-state index in [0.29, 0.717) is 30.3 Å². The van der Waals surface area contributed by atoms with E-state index in [-0.39, 0.29) is 6.54 Å². The number of ether oxygens (including phenoxy) is 1. The van der Waals surface area contributed by atoms with Crippen LogP contribution >= 0.6 is 23.5 Å². The molecular formula is C24H24ClN3O3S. The van der Waals surface area contributed by atoms with E-state index in [1.807, 2.05) is 36.4 Å². The Morgan fingerprint density at radius 3 is 2.81 bits per heavy atom. The third-order valence-electron chi connectivity index (χ3n) is 4.92. The van der Waals surface area contributed by atoms with Crippen LogP contribution in [0.5, 0.6) is 5.75 Å². The summed E-state index contributed by atoms with van der Waals surface area (Å²) in [5, 5.41) is 12.0. The molecule has 0 atom stereocenters. The number of hydrogen-bond acceptors (Lipinski definition) is 6. The zero-order valence-electron chi connectivity index (χ0n) is 17.4. The van der Waals surface area contributed by atoms with E-state index >= 15 is 0 Å². The van der Waals surface area contributed by atoms with Crippen molar-refractivity contribution in [3.63, 3.8) is 0 Å². The van der Waals surface area contributed by atoms with Gasteiger partial charge in [-0.3, -0.25) is 4.79 Å². The predicted octanol–water partition coefficient (Wildman–Crippen LogP) is 5.30. The van der Waals surface area contributed by atoms with Crippen LogP contribution in [0.2, 0.25) is 5.02 Å². The van der Waals surface area contributed by atoms with Crippen LogP contribution in [0.3, 0.4) is 0 Å². The fourth-order valence-electron chi connectivity index (χ4n) is 3.41. The second-order valence-electron chi connectivity index (χ2n) is 7.32. The molecule has 3 aromatic rings. The standard InChI is InChI=1S/C24H24ClN3O3S/c25-24-20(9-4-10-21(24)31-13-5-12-26-15-23(29)30)17-7-3-8-19(14-17)27-28-16-18-6-1-2-11-22(18)32-28/h1-4,6-11,14,26-27H,5,12-13,15-16H2,(H,29,30). The van der Waals surface area contributed by atoms with Gasteiger partial charge in [0.1, 0.15) is 5.75 Å². The van der Waals surface area contributed by atoms with Crippen LogP contribution in [0.15, 0.2) is 71.6 Å². The summed E-state index contributed by atoms with van der Waals surface area (Å²) < 4.78 is 7.95. The summed E-state index contributed by atoms with van der Waals surface area (Å²) in [7, 11) is 0. The van der Waals surface area contributed by atoms with Gasteiger partial charge in [-0.05, 0) is 60.3 Å². The van der Waals surface area contributed by atoms with E-state index in [1.165, 1.54) is 10.5 Å². The van der Waals surface area contributed by atoms with Crippen molar-refractivity contribution in [2.75, 3.05) is 25.1 Å². The highest BCUT2D eigenvalue weighted by molar-refractivity contribution is 7.97. The predicted molar refractivity (Wildman–Crippen MR) is 129 cm³/mol. The largest absolute Gasteiger partial charge is 0.492 e. The Hall–Kier alpha value is -2.71. The molecule has 0 amide bonds. The highest BCUT2D eigenvalue weighted by Gasteiger charge is 2.19. The van der Waals surface area contributed by atoms with Gasteiger partial charge in [-0.1, -0.05) is 54.1 Å². The molecule has 0 aromatic heterocycles. The normalized spacial score (nSPS) is 13.0. The molecule has 1 aliphatic heterocycles. The molecule has 0 spiro atoms. The van der Waals surface area contributed by atoms with Crippen LogP contribution < -0.4 is 15.5 Å². The Morgan fingerprint density at radius 2 is 1.97 bits per heavy atom. The summed E-state index contributed by atoms with van der Waals surface area (Å²) >= 11 is 8.35. The smallest absolute Gasteiger partial charge is 0.317 e. The van der Waals surface area contributed by atoms with Gasteiger partial charge in [0.2, 0.25) is 0 Å². The summed E-state index contributed by atoms with van der Waals surface area (Å²) in [4.78, 5) is 11.8. The van der Waals surface area contributed by atoms with Gasteiger partial charge >= 0.3 is 5.97 Å². The van der Waals surface area contributed by atoms with E-state index in [9.17, 15) is 4.79 Å². The van der Waals surface area contributed by atoms with E-state index in [4.69, 9.17) is 21.4 Å². The number of fused-ring (bicyclic) bond motifs is 1. The van der Waals surface area contributed by atoms with Crippen molar-refractivity contribution < 1.29 is 14.6 Å². The average molecular weight is 470 g/mol. The highest BCUT2D eigenvalue weighted by Crippen LogP contribution is 2.38. The first kappa shape index (κ1) is 22.5. The molecule has 0 fully saturated rings. The van der Waals surface area contributed by atoms with Gasteiger partial charge < -0.3 is 20.6 Å². The van der Waals surface area contributed by atoms with Crippen LogP contribution in [0, 0.1) is 0 Å². The number of nitrogens with zero attached hydrogens (tertiary/aromatic N) is 1. The van der Waals surface area contributed by atoms with Crippen molar-refractivity contribution in [2.45, 2.75) is 17.9 Å². The van der Waals surface area contributed by atoms with E-state index in [1.54, 1.807) is 11.9 Å². The molecular weight excluding hydrogens is 446 g/mol. The number of nitrogens with one attached hydrogen (secondary N) is 2. The lowest BCUT2D eigenvalue weighted by Crippen LogP contribution is -2.24. The molecule has 32 heavy (non-hydrogen) atoms. The quantitative estimate of drug-likeness (QED) is 0.275. The highest BCUT2D eigenvalue weighted by atomic mass is 35.5. The monoisotopic (exact) mass is 469 g/mol. The lowest BCUT2D eigenvalue weighted by Gasteiger charge is -2.17. The molecule has 166 valence electrons. The van der Waals surface area contributed by atoms with Crippen LogP contribution in [0.4, 0.5) is 5.69 Å². The minimum Gasteiger partial charge on any atom is -0.492 e. The number of hydrogen-bond donors (Lipinski definition) is 3. The van der Waals surface area contributed by atoms with Crippen molar-refractivity contribution in [1.82, 2.24) is 9.73 Å². The molecule has 4 rings (SSSR count). The van der Waals surface area contributed by atoms with Gasteiger partial charge in [0, 0.05) is 10.5 Å². The molecule has 1 heterocycles. The van der Waals surface area contributed by atoms with Crippen molar-refractivity contribution >= 4 is 35.2 Å². The maximum Gasteiger partial charge on any atom is 0.317 e. The Kier molecular flexibility index (Phi) is 7.55. The van der Waals surface area contributed by atoms with Crippen LogP contribution in [0.1, 0.15) is 12.0 Å². The van der Waals surface area contributed by atoms with E-state index in [2.05, 4.69) is 45.5 Å². The van der Waals surface area contributed by atoms with E-state index < -0.39 is 5.97 Å². The topological polar surface area (TPSA) is 73.8 Å². The Bertz CT molecular complexity index is 1070. The first-order chi connectivity index (χ1) is 15.6. The van der Waals surface area contributed by atoms with Gasteiger partial charge in [-0.2, -0.15) is 4.41 Å². The Labute approximate surface area is 196 Å². The number of benzene rings is 3. The number of anilines is 1. The molecule has 6 nitrogen and oxygen atoms in total. The number of rotatable bonds is 10. The summed E-state index contributed by atoms with van der Waals surface area (Å²) in [5.74, 6) is -0.252. The summed E-state index contributed by atoms with van der Waals surface area (Å²) in [6.45, 7) is 1.79. The molecule has 0 saturated heterocycles. The zero-order chi connectivity index (χ0) is 22.3. The number of hydrazine groups is 1. The van der Waals surface area contributed by atoms with Crippen LogP contribution in [-0.4, -0.2) is 35.2 Å². The van der Waals surface area contributed by atoms with Crippen LogP contribution in [-0.2, 0) is 11.3 Å². The third-order valence-corrected chi connectivity index (χ3v) is 6.34. The van der Waals surface area contributed by atoms with Gasteiger partial charge in [0.15, 0.2) is 0 Å².